The van der Waals surface area contributed by atoms with Crippen molar-refractivity contribution in [1.82, 2.24) is 4.98 Å². The number of pyridine rings is 1. The number of aromatic nitrogens is 1. The smallest absolute Gasteiger partial charge is 0.150 e. The first-order chi connectivity index (χ1) is 7.33. The molecule has 1 N–H and O–H groups in total. The topological polar surface area (TPSA) is 50.2 Å². The van der Waals surface area contributed by atoms with Crippen LogP contribution in [-0.4, -0.2) is 16.4 Å². The highest BCUT2D eigenvalue weighted by molar-refractivity contribution is 5.74. The number of nitrogens with zero attached hydrogens (tertiary/aromatic N) is 1. The van der Waals surface area contributed by atoms with Crippen LogP contribution in [0.5, 0.6) is 5.75 Å². The van der Waals surface area contributed by atoms with Crippen LogP contribution in [0.4, 0.5) is 0 Å². The summed E-state index contributed by atoms with van der Waals surface area (Å²) in [6, 6.07) is 12.4. The van der Waals surface area contributed by atoms with Gasteiger partial charge in [0.25, 0.3) is 0 Å². The molecule has 1 aromatic heterocycles. The lowest BCUT2D eigenvalue weighted by molar-refractivity contribution is 0.112. The molecule has 2 rings (SSSR count). The van der Waals surface area contributed by atoms with Gasteiger partial charge >= 0.3 is 0 Å². The van der Waals surface area contributed by atoms with E-state index in [1.807, 2.05) is 18.2 Å². The number of carbonyl (C=O) groups is 1. The van der Waals surface area contributed by atoms with Gasteiger partial charge in [0.05, 0.1) is 6.20 Å². The molecule has 1 heterocycles. The van der Waals surface area contributed by atoms with Crippen LogP contribution >= 0.6 is 0 Å². The van der Waals surface area contributed by atoms with E-state index in [-0.39, 0.29) is 5.75 Å². The van der Waals surface area contributed by atoms with Gasteiger partial charge in [-0.2, -0.15) is 0 Å². The van der Waals surface area contributed by atoms with Gasteiger partial charge in [-0.15, -0.1) is 0 Å². The summed E-state index contributed by atoms with van der Waals surface area (Å²) in [6.07, 6.45) is 3.83. The van der Waals surface area contributed by atoms with Crippen LogP contribution < -0.4 is 0 Å². The van der Waals surface area contributed by atoms with Crippen molar-refractivity contribution in [3.05, 3.63) is 60.4 Å². The minimum Gasteiger partial charge on any atom is -0.506 e. The maximum atomic E-state index is 10.0. The lowest BCUT2D eigenvalue weighted by Crippen LogP contribution is -1.73. The lowest BCUT2D eigenvalue weighted by atomic mass is 10.2. The summed E-state index contributed by atoms with van der Waals surface area (Å²) >= 11 is 0. The maximum Gasteiger partial charge on any atom is 0.150 e. The van der Waals surface area contributed by atoms with Gasteiger partial charge in [-0.3, -0.25) is 9.78 Å². The number of hydrogen-bond acceptors (Lipinski definition) is 3. The van der Waals surface area contributed by atoms with Gasteiger partial charge in [-0.1, -0.05) is 30.3 Å². The van der Waals surface area contributed by atoms with E-state index in [1.165, 1.54) is 6.20 Å². The Morgan fingerprint density at radius 1 is 1.07 bits per heavy atom. The molecule has 0 aliphatic heterocycles. The summed E-state index contributed by atoms with van der Waals surface area (Å²) in [5, 5.41) is 8.57. The van der Waals surface area contributed by atoms with Crippen molar-refractivity contribution >= 4 is 6.29 Å². The van der Waals surface area contributed by atoms with Crippen LogP contribution in [0.3, 0.4) is 0 Å². The molecule has 0 spiro atoms. The predicted octanol–water partition coefficient (Wildman–Crippen LogP) is 2.29. The van der Waals surface area contributed by atoms with E-state index in [9.17, 15) is 4.79 Å². The average molecular weight is 201 g/mol. The highest BCUT2D eigenvalue weighted by Gasteiger charge is 1.80. The minimum atomic E-state index is 0.211. The molecule has 0 amide bonds. The standard InChI is InChI=1S/C7H6O.C5H5NO/c8-6-7-4-2-1-3-5-7;7-5-2-1-3-6-4-5/h1-6H;1-4,7H. The normalized spacial score (nSPS) is 8.53. The van der Waals surface area contributed by atoms with Crippen LogP contribution in [0, 0.1) is 0 Å². The van der Waals surface area contributed by atoms with Gasteiger partial charge in [0.1, 0.15) is 12.0 Å². The zero-order chi connectivity index (χ0) is 10.9. The highest BCUT2D eigenvalue weighted by Crippen LogP contribution is 1.99. The Bertz CT molecular complexity index is 387. The SMILES string of the molecule is O=Cc1ccccc1.Oc1cccnc1. The molecule has 0 radical (unpaired) electrons. The molecule has 76 valence electrons. The molecule has 15 heavy (non-hydrogen) atoms. The first-order valence-electron chi connectivity index (χ1n) is 4.42. The van der Waals surface area contributed by atoms with E-state index in [4.69, 9.17) is 5.11 Å². The number of rotatable bonds is 1. The minimum absolute atomic E-state index is 0.211. The van der Waals surface area contributed by atoms with E-state index < -0.39 is 0 Å². The summed E-state index contributed by atoms with van der Waals surface area (Å²) < 4.78 is 0. The summed E-state index contributed by atoms with van der Waals surface area (Å²) in [6.45, 7) is 0. The Balaban J connectivity index is 0.000000151. The second-order valence-corrected chi connectivity index (χ2v) is 2.74. The fourth-order valence-electron chi connectivity index (χ4n) is 0.885. The first-order valence-corrected chi connectivity index (χ1v) is 4.42. The van der Waals surface area contributed by atoms with Crippen molar-refractivity contribution in [2.24, 2.45) is 0 Å². The number of aromatic hydroxyl groups is 1. The molecule has 0 fully saturated rings. The zero-order valence-electron chi connectivity index (χ0n) is 8.08. The summed E-state index contributed by atoms with van der Waals surface area (Å²) in [5.41, 5.74) is 0.729. The molecule has 0 saturated heterocycles. The third-order valence-electron chi connectivity index (χ3n) is 1.58. The predicted molar refractivity (Wildman–Crippen MR) is 57.7 cm³/mol. The molecule has 0 unspecified atom stereocenters. The monoisotopic (exact) mass is 201 g/mol. The number of aldehydes is 1. The highest BCUT2D eigenvalue weighted by atomic mass is 16.3. The van der Waals surface area contributed by atoms with Crippen LogP contribution in [0.25, 0.3) is 0 Å². The summed E-state index contributed by atoms with van der Waals surface area (Å²) in [7, 11) is 0. The zero-order valence-corrected chi connectivity index (χ0v) is 8.08. The van der Waals surface area contributed by atoms with E-state index in [1.54, 1.807) is 30.5 Å². The van der Waals surface area contributed by atoms with Crippen molar-refractivity contribution in [3.8, 4) is 5.75 Å². The Labute approximate surface area is 88.0 Å². The average Bonchev–Trinajstić information content (AvgIpc) is 2.32. The number of hydrogen-bond donors (Lipinski definition) is 1. The molecule has 0 aliphatic carbocycles. The third kappa shape index (κ3) is 4.57. The van der Waals surface area contributed by atoms with Crippen molar-refractivity contribution in [1.29, 1.82) is 0 Å². The van der Waals surface area contributed by atoms with Crippen molar-refractivity contribution < 1.29 is 9.90 Å². The van der Waals surface area contributed by atoms with E-state index in [0.29, 0.717) is 0 Å². The molecular weight excluding hydrogens is 190 g/mol. The quantitative estimate of drug-likeness (QED) is 0.720. The van der Waals surface area contributed by atoms with Gasteiger partial charge in [-0.05, 0) is 12.1 Å². The molecule has 1 aromatic carbocycles. The number of carbonyl (C=O) groups excluding carboxylic acids is 1. The van der Waals surface area contributed by atoms with E-state index in [0.717, 1.165) is 11.8 Å². The molecule has 0 aliphatic rings. The van der Waals surface area contributed by atoms with Crippen molar-refractivity contribution in [2.75, 3.05) is 0 Å². The van der Waals surface area contributed by atoms with Gasteiger partial charge in [0.15, 0.2) is 0 Å². The molecule has 0 bridgehead atoms. The van der Waals surface area contributed by atoms with Gasteiger partial charge < -0.3 is 5.11 Å². The first kappa shape index (κ1) is 10.9. The Morgan fingerprint density at radius 2 is 1.80 bits per heavy atom. The largest absolute Gasteiger partial charge is 0.506 e. The molecule has 0 saturated carbocycles. The second kappa shape index (κ2) is 6.32. The lowest BCUT2D eigenvalue weighted by Gasteiger charge is -1.81. The maximum absolute atomic E-state index is 10.0. The van der Waals surface area contributed by atoms with Crippen LogP contribution in [0.2, 0.25) is 0 Å². The molecule has 2 aromatic rings. The summed E-state index contributed by atoms with van der Waals surface area (Å²) in [4.78, 5) is 13.6. The third-order valence-corrected chi connectivity index (χ3v) is 1.58. The van der Waals surface area contributed by atoms with Gasteiger partial charge in [-0.25, -0.2) is 0 Å². The molecular formula is C12H11NO2. The fourth-order valence-corrected chi connectivity index (χ4v) is 0.885. The Hall–Kier alpha value is -2.16. The fraction of sp³-hybridized carbons (Fsp3) is 0. The van der Waals surface area contributed by atoms with Crippen LogP contribution in [0.15, 0.2) is 54.9 Å². The van der Waals surface area contributed by atoms with Crippen LogP contribution in [0.1, 0.15) is 10.4 Å². The summed E-state index contributed by atoms with van der Waals surface area (Å²) in [5.74, 6) is 0.211. The molecule has 3 nitrogen and oxygen atoms in total. The van der Waals surface area contributed by atoms with Crippen molar-refractivity contribution in [2.45, 2.75) is 0 Å². The number of benzene rings is 1. The van der Waals surface area contributed by atoms with Gasteiger partial charge in [0.2, 0.25) is 0 Å². The van der Waals surface area contributed by atoms with Crippen molar-refractivity contribution in [3.63, 3.8) is 0 Å². The van der Waals surface area contributed by atoms with E-state index in [2.05, 4.69) is 4.98 Å². The Kier molecular flexibility index (Phi) is 4.60. The van der Waals surface area contributed by atoms with Crippen LogP contribution in [-0.2, 0) is 0 Å². The van der Waals surface area contributed by atoms with Gasteiger partial charge in [0, 0.05) is 11.8 Å². The Morgan fingerprint density at radius 3 is 2.13 bits per heavy atom. The van der Waals surface area contributed by atoms with E-state index >= 15 is 0 Å². The second-order valence-electron chi connectivity index (χ2n) is 2.74. The molecule has 3 heteroatoms. The molecule has 0 atom stereocenters.